The molecule has 20 rings (SSSR count). The van der Waals surface area contributed by atoms with Crippen LogP contribution in [-0.2, 0) is 86.2 Å². The Morgan fingerprint density at radius 3 is 1.23 bits per heavy atom. The molecular formula is C98H81F6N15O5. The number of pyridine rings is 4. The van der Waals surface area contributed by atoms with Gasteiger partial charge in [0.25, 0.3) is 29.5 Å². The van der Waals surface area contributed by atoms with Gasteiger partial charge in [0.05, 0.1) is 60.2 Å². The number of nitrogens with zero attached hydrogens (tertiary/aromatic N) is 15. The van der Waals surface area contributed by atoms with Crippen molar-refractivity contribution in [2.24, 2.45) is 21.1 Å². The maximum absolute atomic E-state index is 14.7. The molecule has 7 aromatic heterocycles. The summed E-state index contributed by atoms with van der Waals surface area (Å²) in [5.74, 6) is -1.26. The second-order valence-electron chi connectivity index (χ2n) is 30.8. The first-order valence-electron chi connectivity index (χ1n) is 40.0. The number of rotatable bonds is 15. The van der Waals surface area contributed by atoms with Gasteiger partial charge in [0.15, 0.2) is 0 Å². The minimum atomic E-state index is -4.51. The van der Waals surface area contributed by atoms with E-state index in [4.69, 9.17) is 0 Å². The zero-order chi connectivity index (χ0) is 86.5. The Morgan fingerprint density at radius 2 is 0.766 bits per heavy atom. The van der Waals surface area contributed by atoms with Crippen LogP contribution in [0.25, 0.3) is 55.6 Å². The first-order valence-corrected chi connectivity index (χ1v) is 40.0. The highest BCUT2D eigenvalue weighted by Gasteiger charge is 2.38. The summed E-state index contributed by atoms with van der Waals surface area (Å²) in [6, 6.07) is 64.2. The predicted octanol–water partition coefficient (Wildman–Crippen LogP) is 18.6. The summed E-state index contributed by atoms with van der Waals surface area (Å²) < 4.78 is 89.8. The standard InChI is InChI=1S/C20H16F3N3O.C20H18FN3O.C20H16FN3O.C20H15FN2O.C18H16N4O/c1-25-10-16(9-24-25)13-6-7-15(18(8-13)20(21,22)23)12-26-11-14-4-2-3-5-17(14)19(26)27;1-13(24-12-15-5-3-4-6-18(15)20(24)25)17-8-7-14(9-19(17)21)16-10-22-23(2)11-16;1-13-9-15(6-8-22-13)14-4-5-16(18(21)10-14)11-24-12-19-17(20(24)25)3-2-7-23-19;21-19-11-15(14-7-9-22-10-8-14)5-6-17(19)13-23-12-16-3-1-2-4-18(16)20(23)24;1-21-10-15(9-20-21)13-6-7-16(19-8-13)12-22-11-14-4-2-3-5-17(14)18(22)23/h2-10H,11-12H2,1H3;3-11,13H,12H2,1-2H3;2-10H,11-12H2,1H3;1-11H,12-13H2;2-10H,11-12H2,1H3. The van der Waals surface area contributed by atoms with E-state index < -0.39 is 11.7 Å². The van der Waals surface area contributed by atoms with E-state index in [2.05, 4.69) is 35.2 Å². The van der Waals surface area contributed by atoms with Gasteiger partial charge in [0.2, 0.25) is 0 Å². The monoisotopic (exact) mass is 1660 g/mol. The fraction of sp³-hybridized carbons (Fsp3) is 0.163. The van der Waals surface area contributed by atoms with E-state index in [0.29, 0.717) is 89.3 Å². The molecule has 1 unspecified atom stereocenters. The van der Waals surface area contributed by atoms with Crippen LogP contribution >= 0.6 is 0 Å². The van der Waals surface area contributed by atoms with Gasteiger partial charge < -0.3 is 24.5 Å². The smallest absolute Gasteiger partial charge is 0.330 e. The van der Waals surface area contributed by atoms with Crippen molar-refractivity contribution >= 4 is 29.5 Å². The third-order valence-corrected chi connectivity index (χ3v) is 22.3. The average molecular weight is 1660 g/mol. The van der Waals surface area contributed by atoms with Gasteiger partial charge in [0.1, 0.15) is 17.5 Å². The lowest BCUT2D eigenvalue weighted by Crippen LogP contribution is -2.27. The molecule has 26 heteroatoms. The Kier molecular flexibility index (Phi) is 23.8. The number of halogens is 6. The van der Waals surface area contributed by atoms with Crippen molar-refractivity contribution in [1.82, 2.24) is 73.8 Å². The van der Waals surface area contributed by atoms with Gasteiger partial charge in [-0.05, 0) is 166 Å². The molecule has 5 aliphatic heterocycles. The molecule has 0 N–H and O–H groups in total. The number of aromatic nitrogens is 10. The third kappa shape index (κ3) is 18.2. The van der Waals surface area contributed by atoms with Gasteiger partial charge in [-0.25, -0.2) is 13.2 Å². The largest absolute Gasteiger partial charge is 0.416 e. The van der Waals surface area contributed by atoms with Gasteiger partial charge >= 0.3 is 6.18 Å². The fourth-order valence-electron chi connectivity index (χ4n) is 15.8. The lowest BCUT2D eigenvalue weighted by molar-refractivity contribution is -0.138. The highest BCUT2D eigenvalue weighted by atomic mass is 19.4. The number of benzene rings is 8. The third-order valence-electron chi connectivity index (χ3n) is 22.3. The van der Waals surface area contributed by atoms with E-state index in [-0.39, 0.29) is 78.2 Å². The van der Waals surface area contributed by atoms with Crippen LogP contribution in [0.2, 0.25) is 0 Å². The minimum Gasteiger partial charge on any atom is -0.330 e. The molecule has 0 saturated carbocycles. The van der Waals surface area contributed by atoms with Crippen LogP contribution in [0.5, 0.6) is 0 Å². The second-order valence-corrected chi connectivity index (χ2v) is 30.8. The highest BCUT2D eigenvalue weighted by molar-refractivity contribution is 6.01. The molecule has 15 aromatic rings. The van der Waals surface area contributed by atoms with Crippen molar-refractivity contribution in [1.29, 1.82) is 0 Å². The van der Waals surface area contributed by atoms with E-state index in [1.165, 1.54) is 40.0 Å². The van der Waals surface area contributed by atoms with Gasteiger partial charge in [-0.2, -0.15) is 28.5 Å². The topological polar surface area (TPSA) is 207 Å². The van der Waals surface area contributed by atoms with Gasteiger partial charge in [-0.1, -0.05) is 127 Å². The minimum absolute atomic E-state index is 0.0387. The van der Waals surface area contributed by atoms with Crippen molar-refractivity contribution in [2.45, 2.75) is 85.0 Å². The van der Waals surface area contributed by atoms with Crippen LogP contribution in [0.1, 0.15) is 132 Å². The van der Waals surface area contributed by atoms with Gasteiger partial charge in [0, 0.05) is 183 Å². The fourth-order valence-corrected chi connectivity index (χ4v) is 15.8. The van der Waals surface area contributed by atoms with E-state index in [9.17, 15) is 50.3 Å². The van der Waals surface area contributed by atoms with E-state index in [0.717, 1.165) is 95.5 Å². The van der Waals surface area contributed by atoms with E-state index in [1.54, 1.807) is 117 Å². The van der Waals surface area contributed by atoms with Gasteiger partial charge in [-0.15, -0.1) is 0 Å². The normalized spacial score (nSPS) is 13.7. The Bertz CT molecular complexity index is 6550. The van der Waals surface area contributed by atoms with Crippen LogP contribution in [0, 0.1) is 24.4 Å². The summed E-state index contributed by atoms with van der Waals surface area (Å²) in [5.41, 5.74) is 18.9. The molecule has 0 aliphatic carbocycles. The van der Waals surface area contributed by atoms with Crippen molar-refractivity contribution in [3.63, 3.8) is 0 Å². The van der Waals surface area contributed by atoms with Crippen molar-refractivity contribution in [3.8, 4) is 55.6 Å². The Hall–Kier alpha value is -15.1. The first-order chi connectivity index (χ1) is 59.9. The van der Waals surface area contributed by atoms with Crippen LogP contribution in [0.4, 0.5) is 26.3 Å². The first kappa shape index (κ1) is 82.6. The van der Waals surface area contributed by atoms with E-state index in [1.807, 2.05) is 197 Å². The molecular weight excluding hydrogens is 1580 g/mol. The average Bonchev–Trinajstić information content (AvgIpc) is 1.66. The molecule has 1 atom stereocenters. The van der Waals surface area contributed by atoms with Crippen LogP contribution < -0.4 is 0 Å². The molecule has 0 spiro atoms. The van der Waals surface area contributed by atoms with Gasteiger partial charge in [-0.3, -0.25) is 58.0 Å². The summed E-state index contributed by atoms with van der Waals surface area (Å²) >= 11 is 0. The van der Waals surface area contributed by atoms with Crippen LogP contribution in [0.3, 0.4) is 0 Å². The van der Waals surface area contributed by atoms with Crippen molar-refractivity contribution in [2.75, 3.05) is 0 Å². The number of alkyl halides is 3. The molecule has 5 aliphatic rings. The van der Waals surface area contributed by atoms with Crippen molar-refractivity contribution < 1.29 is 50.3 Å². The quantitative estimate of drug-likeness (QED) is 0.0879. The summed E-state index contributed by atoms with van der Waals surface area (Å²) in [7, 11) is 5.42. The van der Waals surface area contributed by atoms with Crippen LogP contribution in [0.15, 0.2) is 287 Å². The zero-order valence-electron chi connectivity index (χ0n) is 68.1. The highest BCUT2D eigenvalue weighted by Crippen LogP contribution is 2.39. The second kappa shape index (κ2) is 35.7. The number of amides is 5. The summed E-state index contributed by atoms with van der Waals surface area (Å²) in [5, 5.41) is 12.3. The van der Waals surface area contributed by atoms with E-state index >= 15 is 0 Å². The molecule has 5 amide bonds. The summed E-state index contributed by atoms with van der Waals surface area (Å²) in [6.45, 7) is 7.14. The molecule has 20 nitrogen and oxygen atoms in total. The molecule has 0 radical (unpaired) electrons. The molecule has 12 heterocycles. The molecule has 0 fully saturated rings. The number of carbonyl (C=O) groups is 5. The lowest BCUT2D eigenvalue weighted by atomic mass is 10.00. The predicted molar refractivity (Wildman–Crippen MR) is 455 cm³/mol. The SMILES string of the molecule is CC(c1ccc(-c2cnn(C)c2)cc1F)N1Cc2ccccc2C1=O.Cc1cc(-c2ccc(CN3Cc4ncccc4C3=O)c(F)c2)ccn1.Cn1cc(-c2ccc(CN3Cc4ccccc4C3=O)c(C(F)(F)F)c2)cn1.Cn1cc(-c2ccc(CN3Cc4ccccc4C3=O)nc2)cn1.O=C1c2ccccc2CN1Cc1ccc(-c2ccncc2)cc1F. The van der Waals surface area contributed by atoms with Crippen LogP contribution in [-0.4, -0.2) is 103 Å². The molecule has 124 heavy (non-hydrogen) atoms. The Morgan fingerprint density at radius 1 is 0.355 bits per heavy atom. The molecule has 0 saturated heterocycles. The maximum Gasteiger partial charge on any atom is 0.416 e. The number of fused-ring (bicyclic) bond motifs is 5. The summed E-state index contributed by atoms with van der Waals surface area (Å²) in [4.78, 5) is 87.4. The number of hydrogen-bond acceptors (Lipinski definition) is 12. The Labute approximate surface area is 710 Å². The Balaban J connectivity index is 0.000000115. The molecule has 0 bridgehead atoms. The number of carbonyl (C=O) groups excluding carboxylic acids is 5. The molecule has 620 valence electrons. The zero-order valence-corrected chi connectivity index (χ0v) is 68.1. The molecule has 8 aromatic carbocycles. The number of aryl methyl sites for hydroxylation is 4. The van der Waals surface area contributed by atoms with Crippen molar-refractivity contribution in [3.05, 3.63) is 399 Å². The number of hydrogen-bond donors (Lipinski definition) is 0. The maximum atomic E-state index is 14.7. The lowest BCUT2D eigenvalue weighted by Gasteiger charge is -2.25. The summed E-state index contributed by atoms with van der Waals surface area (Å²) in [6.07, 6.45) is 14.6.